The second-order valence-corrected chi connectivity index (χ2v) is 12.3. The molecule has 2 heteroatoms. The number of nitrogens with zero attached hydrogens (tertiary/aromatic N) is 1. The smallest absolute Gasteiger partial charge is 0.150 e. The molecule has 1 aromatic heterocycles. The average Bonchev–Trinajstić information content (AvgIpc) is 3.48. The maximum absolute atomic E-state index is 2.43. The van der Waals surface area contributed by atoms with Gasteiger partial charge in [0.25, 0.3) is 0 Å². The van der Waals surface area contributed by atoms with E-state index in [0.717, 1.165) is 0 Å². The van der Waals surface area contributed by atoms with Crippen LogP contribution in [0.15, 0.2) is 164 Å². The number of rotatable bonds is 5. The fourth-order valence-electron chi connectivity index (χ4n) is 6.54. The molecule has 8 rings (SSSR count). The second kappa shape index (κ2) is 10.4. The van der Waals surface area contributed by atoms with Crippen LogP contribution in [0.25, 0.3) is 53.2 Å². The van der Waals surface area contributed by atoms with Crippen LogP contribution < -0.4 is 4.48 Å². The number of quaternary nitrogens is 1. The van der Waals surface area contributed by atoms with Crippen molar-refractivity contribution in [2.75, 3.05) is 7.05 Å². The van der Waals surface area contributed by atoms with Gasteiger partial charge in [0.05, 0.1) is 7.05 Å². The van der Waals surface area contributed by atoms with Gasteiger partial charge in [-0.2, -0.15) is 0 Å². The first-order valence-electron chi connectivity index (χ1n) is 14.7. The average molecular weight is 569 g/mol. The lowest BCUT2D eigenvalue weighted by atomic mass is 9.97. The number of para-hydroxylation sites is 1. The van der Waals surface area contributed by atoms with Crippen LogP contribution >= 0.6 is 11.3 Å². The van der Waals surface area contributed by atoms with Gasteiger partial charge in [0.1, 0.15) is 11.4 Å². The molecule has 0 saturated heterocycles. The lowest BCUT2D eigenvalue weighted by Gasteiger charge is -2.35. The van der Waals surface area contributed by atoms with Gasteiger partial charge in [0, 0.05) is 56.1 Å². The quantitative estimate of drug-likeness (QED) is 0.181. The highest BCUT2D eigenvalue weighted by atomic mass is 32.1. The maximum atomic E-state index is 2.43. The van der Waals surface area contributed by atoms with E-state index in [9.17, 15) is 0 Å². The minimum absolute atomic E-state index is 0.536. The van der Waals surface area contributed by atoms with E-state index >= 15 is 0 Å². The summed E-state index contributed by atoms with van der Waals surface area (Å²) < 4.78 is 3.20. The standard InChI is InChI=1S/C41H30NS/c1-42(33-24-20-30(21-25-33)29-12-4-2-5-13-29,38-18-10-8-16-35(38)31-14-6-3-7-15-31)34-26-22-32-23-27-40-41(37(32)28-34)36-17-9-11-19-39(36)43-40/h2-28H,1H3/q+1. The Morgan fingerprint density at radius 1 is 0.442 bits per heavy atom. The van der Waals surface area contributed by atoms with E-state index in [1.165, 1.54) is 70.3 Å². The fourth-order valence-corrected chi connectivity index (χ4v) is 7.67. The summed E-state index contributed by atoms with van der Waals surface area (Å²) in [7, 11) is 2.34. The van der Waals surface area contributed by atoms with E-state index in [0.29, 0.717) is 4.48 Å². The second-order valence-electron chi connectivity index (χ2n) is 11.2. The summed E-state index contributed by atoms with van der Waals surface area (Å²) in [6, 6.07) is 59.8. The Hall–Kier alpha value is -5.02. The monoisotopic (exact) mass is 568 g/mol. The summed E-state index contributed by atoms with van der Waals surface area (Å²) in [6.45, 7) is 0. The Morgan fingerprint density at radius 2 is 1.05 bits per heavy atom. The molecule has 0 N–H and O–H groups in total. The van der Waals surface area contributed by atoms with Crippen LogP contribution in [0.5, 0.6) is 0 Å². The van der Waals surface area contributed by atoms with Gasteiger partial charge in [0.2, 0.25) is 0 Å². The summed E-state index contributed by atoms with van der Waals surface area (Å²) in [5, 5.41) is 5.25. The molecular formula is C41H30NS+. The van der Waals surface area contributed by atoms with Gasteiger partial charge in [-0.3, -0.25) is 0 Å². The molecule has 0 amide bonds. The van der Waals surface area contributed by atoms with E-state index in [-0.39, 0.29) is 0 Å². The van der Waals surface area contributed by atoms with Crippen molar-refractivity contribution < 1.29 is 0 Å². The third-order valence-electron chi connectivity index (χ3n) is 8.82. The van der Waals surface area contributed by atoms with Crippen LogP contribution in [-0.2, 0) is 0 Å². The fraction of sp³-hybridized carbons (Fsp3) is 0.0244. The van der Waals surface area contributed by atoms with Crippen LogP contribution in [0.4, 0.5) is 17.1 Å². The Labute approximate surface area is 256 Å². The first-order valence-corrected chi connectivity index (χ1v) is 15.5. The highest BCUT2D eigenvalue weighted by Crippen LogP contribution is 2.48. The van der Waals surface area contributed by atoms with Crippen molar-refractivity contribution in [2.45, 2.75) is 0 Å². The van der Waals surface area contributed by atoms with Crippen LogP contribution in [0.1, 0.15) is 0 Å². The van der Waals surface area contributed by atoms with Crippen LogP contribution in [-0.4, -0.2) is 7.05 Å². The Balaban J connectivity index is 1.40. The minimum Gasteiger partial charge on any atom is -0.229 e. The molecule has 43 heavy (non-hydrogen) atoms. The van der Waals surface area contributed by atoms with Crippen molar-refractivity contribution in [1.82, 2.24) is 4.48 Å². The van der Waals surface area contributed by atoms with Gasteiger partial charge in [-0.1, -0.05) is 97.1 Å². The van der Waals surface area contributed by atoms with Gasteiger partial charge in [-0.05, 0) is 63.9 Å². The van der Waals surface area contributed by atoms with Crippen molar-refractivity contribution in [2.24, 2.45) is 0 Å². The van der Waals surface area contributed by atoms with E-state index in [1.54, 1.807) is 0 Å². The Kier molecular flexibility index (Phi) is 6.18. The van der Waals surface area contributed by atoms with Gasteiger partial charge in [0.15, 0.2) is 5.69 Å². The van der Waals surface area contributed by atoms with Gasteiger partial charge in [-0.25, -0.2) is 4.48 Å². The molecule has 0 aliphatic heterocycles. The molecule has 0 saturated carbocycles. The number of thiophene rings is 1. The predicted molar refractivity (Wildman–Crippen MR) is 188 cm³/mol. The first kappa shape index (κ1) is 25.7. The van der Waals surface area contributed by atoms with Gasteiger partial charge >= 0.3 is 0 Å². The topological polar surface area (TPSA) is 0 Å². The third kappa shape index (κ3) is 4.27. The van der Waals surface area contributed by atoms with Crippen molar-refractivity contribution in [3.63, 3.8) is 0 Å². The number of benzene rings is 7. The number of hydrogen-bond acceptors (Lipinski definition) is 1. The highest BCUT2D eigenvalue weighted by Gasteiger charge is 2.34. The molecule has 0 fully saturated rings. The zero-order chi connectivity index (χ0) is 28.8. The lowest BCUT2D eigenvalue weighted by Crippen LogP contribution is -2.34. The predicted octanol–water partition coefficient (Wildman–Crippen LogP) is 12.1. The Bertz CT molecular complexity index is 2230. The van der Waals surface area contributed by atoms with Crippen molar-refractivity contribution >= 4 is 59.3 Å². The molecule has 0 bridgehead atoms. The van der Waals surface area contributed by atoms with Crippen LogP contribution in [0.2, 0.25) is 0 Å². The summed E-state index contributed by atoms with van der Waals surface area (Å²) in [4.78, 5) is 0. The molecule has 8 aromatic rings. The molecule has 1 heterocycles. The summed E-state index contributed by atoms with van der Waals surface area (Å²) in [5.41, 5.74) is 8.58. The summed E-state index contributed by atoms with van der Waals surface area (Å²) in [5.74, 6) is 0. The Morgan fingerprint density at radius 3 is 1.84 bits per heavy atom. The molecule has 204 valence electrons. The van der Waals surface area contributed by atoms with Crippen LogP contribution in [0.3, 0.4) is 0 Å². The van der Waals surface area contributed by atoms with Gasteiger partial charge < -0.3 is 0 Å². The zero-order valence-electron chi connectivity index (χ0n) is 23.9. The summed E-state index contributed by atoms with van der Waals surface area (Å²) >= 11 is 1.88. The van der Waals surface area contributed by atoms with E-state index in [1.807, 2.05) is 11.3 Å². The molecule has 7 aromatic carbocycles. The van der Waals surface area contributed by atoms with E-state index in [2.05, 4.69) is 171 Å². The third-order valence-corrected chi connectivity index (χ3v) is 9.96. The molecule has 0 aliphatic rings. The van der Waals surface area contributed by atoms with Gasteiger partial charge in [-0.15, -0.1) is 11.3 Å². The molecule has 1 atom stereocenters. The number of fused-ring (bicyclic) bond motifs is 5. The molecule has 1 nitrogen and oxygen atoms in total. The zero-order valence-corrected chi connectivity index (χ0v) is 24.8. The van der Waals surface area contributed by atoms with Crippen molar-refractivity contribution in [3.05, 3.63) is 164 Å². The van der Waals surface area contributed by atoms with Crippen LogP contribution in [0, 0.1) is 0 Å². The number of hydrogen-bond donors (Lipinski definition) is 0. The lowest BCUT2D eigenvalue weighted by molar-refractivity contribution is 0.630. The summed E-state index contributed by atoms with van der Waals surface area (Å²) in [6.07, 6.45) is 0. The largest absolute Gasteiger partial charge is 0.229 e. The van der Waals surface area contributed by atoms with Crippen molar-refractivity contribution in [1.29, 1.82) is 0 Å². The van der Waals surface area contributed by atoms with E-state index in [4.69, 9.17) is 0 Å². The van der Waals surface area contributed by atoms with Crippen molar-refractivity contribution in [3.8, 4) is 22.3 Å². The molecule has 1 unspecified atom stereocenters. The molecule has 0 aliphatic carbocycles. The normalized spacial score (nSPS) is 13.0. The molecular weight excluding hydrogens is 539 g/mol. The van der Waals surface area contributed by atoms with E-state index < -0.39 is 0 Å². The molecule has 0 radical (unpaired) electrons. The minimum atomic E-state index is 0.536. The SMILES string of the molecule is C[N+](c1ccc(-c2ccccc2)cc1)(c1ccc2ccc3sc4ccccc4c3c2c1)c1ccccc1-c1ccccc1. The maximum Gasteiger partial charge on any atom is 0.150 e. The molecule has 0 spiro atoms. The highest BCUT2D eigenvalue weighted by molar-refractivity contribution is 7.26. The first-order chi connectivity index (χ1) is 21.2.